The molecule has 1 rings (SSSR count). The number of nitrogens with two attached hydrogens (primary N) is 1. The van der Waals surface area contributed by atoms with Crippen molar-refractivity contribution in [2.45, 2.75) is 6.92 Å². The van der Waals surface area contributed by atoms with Crippen molar-refractivity contribution in [2.75, 3.05) is 5.73 Å². The number of phenols is 1. The maximum atomic E-state index is 12.7. The van der Waals surface area contributed by atoms with Gasteiger partial charge in [0.1, 0.15) is 0 Å². The molecule has 4 heteroatoms. The first-order valence-electron chi connectivity index (χ1n) is 2.97. The maximum absolute atomic E-state index is 12.7. The van der Waals surface area contributed by atoms with Crippen molar-refractivity contribution in [3.63, 3.8) is 0 Å². The molecule has 0 saturated heterocycles. The smallest absolute Gasteiger partial charge is 0.175 e. The van der Waals surface area contributed by atoms with E-state index in [0.29, 0.717) is 10.0 Å². The second-order valence-corrected chi connectivity index (χ2v) is 3.04. The van der Waals surface area contributed by atoms with E-state index in [4.69, 9.17) is 10.8 Å². The van der Waals surface area contributed by atoms with Crippen LogP contribution in [0.3, 0.4) is 0 Å². The molecule has 0 bridgehead atoms. The molecule has 1 aromatic rings. The van der Waals surface area contributed by atoms with Crippen LogP contribution in [-0.2, 0) is 0 Å². The molecule has 0 spiro atoms. The Morgan fingerprint density at radius 1 is 1.64 bits per heavy atom. The van der Waals surface area contributed by atoms with Crippen molar-refractivity contribution in [2.24, 2.45) is 0 Å². The lowest BCUT2D eigenvalue weighted by atomic mass is 10.2. The number of nitrogen functional groups attached to an aromatic ring is 1. The summed E-state index contributed by atoms with van der Waals surface area (Å²) in [6.07, 6.45) is 0. The van der Waals surface area contributed by atoms with Gasteiger partial charge in [0.15, 0.2) is 11.6 Å². The van der Waals surface area contributed by atoms with Gasteiger partial charge in [0, 0.05) is 4.47 Å². The molecule has 0 unspecified atom stereocenters. The van der Waals surface area contributed by atoms with Gasteiger partial charge in [-0.05, 0) is 34.5 Å². The number of rotatable bonds is 0. The van der Waals surface area contributed by atoms with E-state index in [1.165, 1.54) is 6.07 Å². The predicted octanol–water partition coefficient (Wildman–Crippen LogP) is 2.18. The molecule has 60 valence electrons. The third-order valence-electron chi connectivity index (χ3n) is 1.41. The molecular weight excluding hydrogens is 213 g/mol. The molecule has 0 aliphatic heterocycles. The minimum atomic E-state index is -0.691. The molecule has 0 atom stereocenters. The average molecular weight is 220 g/mol. The van der Waals surface area contributed by atoms with Crippen LogP contribution in [-0.4, -0.2) is 5.11 Å². The lowest BCUT2D eigenvalue weighted by Crippen LogP contribution is -1.92. The number of phenolic OH excluding ortho intramolecular Hbond substituents is 1. The Labute approximate surface area is 72.0 Å². The Hall–Kier alpha value is -0.770. The first-order chi connectivity index (χ1) is 5.04. The Bertz CT molecular complexity index is 275. The topological polar surface area (TPSA) is 46.2 Å². The van der Waals surface area contributed by atoms with Gasteiger partial charge < -0.3 is 10.8 Å². The molecule has 1 aromatic carbocycles. The van der Waals surface area contributed by atoms with Crippen LogP contribution in [0.15, 0.2) is 10.5 Å². The molecule has 0 aliphatic carbocycles. The SMILES string of the molecule is Cc1cc(F)c(O)c(N)c1Br. The van der Waals surface area contributed by atoms with E-state index in [-0.39, 0.29) is 5.69 Å². The van der Waals surface area contributed by atoms with Crippen molar-refractivity contribution < 1.29 is 9.50 Å². The number of hydrogen-bond donors (Lipinski definition) is 2. The highest BCUT2D eigenvalue weighted by Gasteiger charge is 2.10. The molecule has 0 radical (unpaired) electrons. The van der Waals surface area contributed by atoms with E-state index in [1.807, 2.05) is 0 Å². The van der Waals surface area contributed by atoms with Gasteiger partial charge in [-0.15, -0.1) is 0 Å². The Morgan fingerprint density at radius 2 is 2.18 bits per heavy atom. The van der Waals surface area contributed by atoms with Crippen LogP contribution in [0.1, 0.15) is 5.56 Å². The van der Waals surface area contributed by atoms with Crippen LogP contribution in [0.4, 0.5) is 10.1 Å². The van der Waals surface area contributed by atoms with Crippen LogP contribution in [0.5, 0.6) is 5.75 Å². The van der Waals surface area contributed by atoms with Gasteiger partial charge >= 0.3 is 0 Å². The summed E-state index contributed by atoms with van der Waals surface area (Å²) < 4.78 is 13.2. The van der Waals surface area contributed by atoms with E-state index >= 15 is 0 Å². The van der Waals surface area contributed by atoms with Crippen molar-refractivity contribution in [1.82, 2.24) is 0 Å². The monoisotopic (exact) mass is 219 g/mol. The van der Waals surface area contributed by atoms with Crippen molar-refractivity contribution in [1.29, 1.82) is 0 Å². The van der Waals surface area contributed by atoms with Crippen molar-refractivity contribution in [3.8, 4) is 5.75 Å². The number of aromatic hydroxyl groups is 1. The lowest BCUT2D eigenvalue weighted by Gasteiger charge is -2.05. The standard InChI is InChI=1S/C7H7BrFNO/c1-3-2-4(9)7(11)6(10)5(3)8/h2,11H,10H2,1H3. The molecule has 0 amide bonds. The molecule has 2 nitrogen and oxygen atoms in total. The maximum Gasteiger partial charge on any atom is 0.175 e. The van der Waals surface area contributed by atoms with Crippen LogP contribution < -0.4 is 5.73 Å². The zero-order valence-electron chi connectivity index (χ0n) is 5.86. The number of halogens is 2. The van der Waals surface area contributed by atoms with E-state index in [9.17, 15) is 4.39 Å². The van der Waals surface area contributed by atoms with Crippen molar-refractivity contribution in [3.05, 3.63) is 21.9 Å². The third-order valence-corrected chi connectivity index (χ3v) is 2.46. The Morgan fingerprint density at radius 3 is 2.73 bits per heavy atom. The highest BCUT2D eigenvalue weighted by atomic mass is 79.9. The molecular formula is C7H7BrFNO. The largest absolute Gasteiger partial charge is 0.503 e. The normalized spacial score (nSPS) is 10.1. The Balaban J connectivity index is 3.46. The number of aryl methyl sites for hydroxylation is 1. The molecule has 0 aromatic heterocycles. The summed E-state index contributed by atoms with van der Waals surface area (Å²) in [5.74, 6) is -1.19. The predicted molar refractivity (Wildman–Crippen MR) is 44.9 cm³/mol. The van der Waals surface area contributed by atoms with Crippen LogP contribution in [0.25, 0.3) is 0 Å². The van der Waals surface area contributed by atoms with Gasteiger partial charge in [-0.3, -0.25) is 0 Å². The molecule has 0 heterocycles. The summed E-state index contributed by atoms with van der Waals surface area (Å²) in [5.41, 5.74) is 6.06. The minimum absolute atomic E-state index is 0.0440. The highest BCUT2D eigenvalue weighted by molar-refractivity contribution is 9.10. The van der Waals surface area contributed by atoms with Gasteiger partial charge in [-0.2, -0.15) is 0 Å². The first kappa shape index (κ1) is 8.33. The lowest BCUT2D eigenvalue weighted by molar-refractivity contribution is 0.434. The summed E-state index contributed by atoms with van der Waals surface area (Å²) in [6, 6.07) is 1.22. The summed E-state index contributed by atoms with van der Waals surface area (Å²) in [7, 11) is 0. The van der Waals surface area contributed by atoms with Crippen LogP contribution >= 0.6 is 15.9 Å². The average Bonchev–Trinajstić information content (AvgIpc) is 1.97. The summed E-state index contributed by atoms with van der Waals surface area (Å²) in [4.78, 5) is 0. The first-order valence-corrected chi connectivity index (χ1v) is 3.76. The molecule has 3 N–H and O–H groups in total. The quantitative estimate of drug-likeness (QED) is 0.520. The highest BCUT2D eigenvalue weighted by Crippen LogP contribution is 2.33. The number of hydrogen-bond acceptors (Lipinski definition) is 2. The van der Waals surface area contributed by atoms with Crippen LogP contribution in [0, 0.1) is 12.7 Å². The summed E-state index contributed by atoms with van der Waals surface area (Å²) in [6.45, 7) is 1.70. The van der Waals surface area contributed by atoms with Gasteiger partial charge in [-0.1, -0.05) is 0 Å². The zero-order chi connectivity index (χ0) is 8.59. The molecule has 0 fully saturated rings. The number of anilines is 1. The van der Waals surface area contributed by atoms with E-state index in [2.05, 4.69) is 15.9 Å². The number of benzene rings is 1. The summed E-state index contributed by atoms with van der Waals surface area (Å²) in [5, 5.41) is 8.98. The molecule has 0 saturated carbocycles. The fraction of sp³-hybridized carbons (Fsp3) is 0.143. The second-order valence-electron chi connectivity index (χ2n) is 2.25. The van der Waals surface area contributed by atoms with E-state index in [0.717, 1.165) is 0 Å². The van der Waals surface area contributed by atoms with Gasteiger partial charge in [0.2, 0.25) is 0 Å². The summed E-state index contributed by atoms with van der Waals surface area (Å²) >= 11 is 3.11. The minimum Gasteiger partial charge on any atom is -0.503 e. The third kappa shape index (κ3) is 1.30. The van der Waals surface area contributed by atoms with Gasteiger partial charge in [-0.25, -0.2) is 4.39 Å². The van der Waals surface area contributed by atoms with Crippen LogP contribution in [0.2, 0.25) is 0 Å². The van der Waals surface area contributed by atoms with E-state index in [1.54, 1.807) is 6.92 Å². The fourth-order valence-corrected chi connectivity index (χ4v) is 1.07. The fourth-order valence-electron chi connectivity index (χ4n) is 0.767. The van der Waals surface area contributed by atoms with Gasteiger partial charge in [0.05, 0.1) is 5.69 Å². The van der Waals surface area contributed by atoms with Gasteiger partial charge in [0.25, 0.3) is 0 Å². The van der Waals surface area contributed by atoms with Crippen molar-refractivity contribution >= 4 is 21.6 Å². The van der Waals surface area contributed by atoms with E-state index < -0.39 is 11.6 Å². The Kier molecular flexibility index (Phi) is 2.04. The molecule has 0 aliphatic rings. The molecule has 11 heavy (non-hydrogen) atoms. The second kappa shape index (κ2) is 2.70. The zero-order valence-corrected chi connectivity index (χ0v) is 7.44.